The van der Waals surface area contributed by atoms with Crippen molar-refractivity contribution in [1.29, 1.82) is 5.26 Å². The highest BCUT2D eigenvalue weighted by Crippen LogP contribution is 2.29. The molecule has 36 heavy (non-hydrogen) atoms. The Kier molecular flexibility index (Phi) is 7.09. The molecule has 2 atom stereocenters. The molecule has 188 valence electrons. The van der Waals surface area contributed by atoms with E-state index in [2.05, 4.69) is 66.7 Å². The molecular formula is C27H34N8O. The zero-order valence-electron chi connectivity index (χ0n) is 21.8. The average molecular weight is 487 g/mol. The molecule has 1 aliphatic heterocycles. The monoisotopic (exact) mass is 486 g/mol. The molecule has 1 aromatic carbocycles. The van der Waals surface area contributed by atoms with Crippen molar-refractivity contribution in [3.8, 4) is 11.8 Å². The molecule has 3 heterocycles. The van der Waals surface area contributed by atoms with Crippen molar-refractivity contribution in [1.82, 2.24) is 30.4 Å². The molecular weight excluding hydrogens is 452 g/mol. The molecule has 0 spiro atoms. The maximum Gasteiger partial charge on any atom is 0.287 e. The first-order chi connectivity index (χ1) is 17.0. The van der Waals surface area contributed by atoms with Gasteiger partial charge in [0.25, 0.3) is 5.91 Å². The maximum atomic E-state index is 12.9. The largest absolute Gasteiger partial charge is 0.354 e. The number of carbonyl (C=O) groups is 1. The minimum absolute atomic E-state index is 0.0958. The van der Waals surface area contributed by atoms with Gasteiger partial charge in [-0.25, -0.2) is 9.69 Å². The van der Waals surface area contributed by atoms with Crippen LogP contribution in [0.1, 0.15) is 81.2 Å². The minimum atomic E-state index is -0.273. The summed E-state index contributed by atoms with van der Waals surface area (Å²) in [5.41, 5.74) is 7.81. The molecule has 2 N–H and O–H groups in total. The van der Waals surface area contributed by atoms with E-state index >= 15 is 0 Å². The Balaban J connectivity index is 1.56. The van der Waals surface area contributed by atoms with Gasteiger partial charge in [0.15, 0.2) is 5.69 Å². The van der Waals surface area contributed by atoms with Crippen LogP contribution in [0.5, 0.6) is 0 Å². The SMILES string of the molecule is Cc1ncc(Nc2cc(C#N)cc(C(C)(C)C)c2)cc1-n1cc(C(=O)NN2C(C)CCCC2C)nn1. The first-order valence-corrected chi connectivity index (χ1v) is 12.4. The predicted octanol–water partition coefficient (Wildman–Crippen LogP) is 4.79. The van der Waals surface area contributed by atoms with Gasteiger partial charge in [-0.05, 0) is 68.9 Å². The van der Waals surface area contributed by atoms with E-state index in [0.29, 0.717) is 11.3 Å². The van der Waals surface area contributed by atoms with Crippen molar-refractivity contribution < 1.29 is 4.79 Å². The Labute approximate surface area is 212 Å². The van der Waals surface area contributed by atoms with Gasteiger partial charge in [0, 0.05) is 17.8 Å². The number of anilines is 2. The smallest absolute Gasteiger partial charge is 0.287 e. The summed E-state index contributed by atoms with van der Waals surface area (Å²) >= 11 is 0. The number of nitriles is 1. The first kappa shape index (κ1) is 25.3. The lowest BCUT2D eigenvalue weighted by Crippen LogP contribution is -2.54. The Morgan fingerprint density at radius 3 is 2.50 bits per heavy atom. The third kappa shape index (κ3) is 5.55. The number of amides is 1. The fourth-order valence-electron chi connectivity index (χ4n) is 4.49. The lowest BCUT2D eigenvalue weighted by molar-refractivity contribution is 0.0366. The molecule has 0 aliphatic carbocycles. The number of carbonyl (C=O) groups excluding carboxylic acids is 1. The van der Waals surface area contributed by atoms with Gasteiger partial charge in [-0.15, -0.1) is 5.10 Å². The molecule has 1 fully saturated rings. The fraction of sp³-hybridized carbons (Fsp3) is 0.444. The highest BCUT2D eigenvalue weighted by atomic mass is 16.2. The number of piperidine rings is 1. The van der Waals surface area contributed by atoms with Crippen LogP contribution in [-0.4, -0.2) is 43.0 Å². The summed E-state index contributed by atoms with van der Waals surface area (Å²) in [6.45, 7) is 12.5. The molecule has 9 nitrogen and oxygen atoms in total. The van der Waals surface area contributed by atoms with E-state index < -0.39 is 0 Å². The highest BCUT2D eigenvalue weighted by molar-refractivity contribution is 5.91. The summed E-state index contributed by atoms with van der Waals surface area (Å²) in [6, 6.07) is 10.5. The number of pyridine rings is 1. The standard InChI is InChI=1S/C27H34N8O/c1-17-8-7-9-18(2)35(17)32-26(36)24-16-34(33-31-24)25-13-23(15-29-19(25)3)30-22-11-20(14-28)10-21(12-22)27(4,5)6/h10-13,15-18,30H,7-9H2,1-6H3,(H,32,36). The Morgan fingerprint density at radius 1 is 1.11 bits per heavy atom. The van der Waals surface area contributed by atoms with Crippen molar-refractivity contribution in [2.24, 2.45) is 0 Å². The van der Waals surface area contributed by atoms with Gasteiger partial charge in [0.2, 0.25) is 0 Å². The van der Waals surface area contributed by atoms with Gasteiger partial charge < -0.3 is 5.32 Å². The van der Waals surface area contributed by atoms with E-state index in [1.807, 2.05) is 36.2 Å². The van der Waals surface area contributed by atoms with Crippen molar-refractivity contribution in [2.75, 3.05) is 5.32 Å². The molecule has 0 radical (unpaired) electrons. The maximum absolute atomic E-state index is 12.9. The second-order valence-corrected chi connectivity index (χ2v) is 10.6. The van der Waals surface area contributed by atoms with E-state index in [0.717, 1.165) is 35.5 Å². The van der Waals surface area contributed by atoms with Crippen molar-refractivity contribution >= 4 is 17.3 Å². The van der Waals surface area contributed by atoms with Crippen LogP contribution in [0, 0.1) is 18.3 Å². The van der Waals surface area contributed by atoms with Crippen LogP contribution in [-0.2, 0) is 5.41 Å². The number of rotatable bonds is 5. The molecule has 9 heteroatoms. The first-order valence-electron chi connectivity index (χ1n) is 12.4. The summed E-state index contributed by atoms with van der Waals surface area (Å²) in [6.07, 6.45) is 6.63. The summed E-state index contributed by atoms with van der Waals surface area (Å²) in [5.74, 6) is -0.273. The Hall–Kier alpha value is -3.77. The van der Waals surface area contributed by atoms with E-state index in [9.17, 15) is 10.1 Å². The number of aryl methyl sites for hydroxylation is 1. The van der Waals surface area contributed by atoms with Gasteiger partial charge in [0.1, 0.15) is 0 Å². The molecule has 0 bridgehead atoms. The van der Waals surface area contributed by atoms with Gasteiger partial charge >= 0.3 is 0 Å². The van der Waals surface area contributed by atoms with Gasteiger partial charge in [-0.3, -0.25) is 15.2 Å². The Bertz CT molecular complexity index is 1290. The third-order valence-corrected chi connectivity index (χ3v) is 6.67. The van der Waals surface area contributed by atoms with E-state index in [1.54, 1.807) is 17.1 Å². The van der Waals surface area contributed by atoms with Crippen LogP contribution in [0.4, 0.5) is 11.4 Å². The molecule has 2 unspecified atom stereocenters. The second kappa shape index (κ2) is 10.1. The van der Waals surface area contributed by atoms with Gasteiger partial charge in [-0.2, -0.15) is 5.26 Å². The number of nitrogens with one attached hydrogen (secondary N) is 2. The molecule has 3 aromatic rings. The molecule has 1 amide bonds. The average Bonchev–Trinajstić information content (AvgIpc) is 3.32. The quantitative estimate of drug-likeness (QED) is 0.533. The number of nitrogens with zero attached hydrogens (tertiary/aromatic N) is 6. The predicted molar refractivity (Wildman–Crippen MR) is 139 cm³/mol. The van der Waals surface area contributed by atoms with Crippen molar-refractivity contribution in [3.63, 3.8) is 0 Å². The fourth-order valence-corrected chi connectivity index (χ4v) is 4.49. The van der Waals surface area contributed by atoms with Crippen molar-refractivity contribution in [3.05, 3.63) is 59.2 Å². The van der Waals surface area contributed by atoms with Gasteiger partial charge in [-0.1, -0.05) is 32.4 Å². The normalized spacial score (nSPS) is 18.5. The van der Waals surface area contributed by atoms with Crippen LogP contribution < -0.4 is 10.7 Å². The zero-order valence-corrected chi connectivity index (χ0v) is 21.8. The number of hydrazine groups is 1. The van der Waals surface area contributed by atoms with Crippen LogP contribution in [0.15, 0.2) is 36.7 Å². The minimum Gasteiger partial charge on any atom is -0.354 e. The number of benzene rings is 1. The molecule has 4 rings (SSSR count). The van der Waals surface area contributed by atoms with E-state index in [-0.39, 0.29) is 29.1 Å². The number of hydrogen-bond acceptors (Lipinski definition) is 7. The summed E-state index contributed by atoms with van der Waals surface area (Å²) in [7, 11) is 0. The highest BCUT2D eigenvalue weighted by Gasteiger charge is 2.27. The number of hydrogen-bond donors (Lipinski definition) is 2. The van der Waals surface area contributed by atoms with E-state index in [4.69, 9.17) is 0 Å². The van der Waals surface area contributed by atoms with Crippen LogP contribution in [0.2, 0.25) is 0 Å². The summed E-state index contributed by atoms with van der Waals surface area (Å²) in [5, 5.41) is 23.2. The zero-order chi connectivity index (χ0) is 26.0. The summed E-state index contributed by atoms with van der Waals surface area (Å²) in [4.78, 5) is 17.4. The summed E-state index contributed by atoms with van der Waals surface area (Å²) < 4.78 is 1.57. The topological polar surface area (TPSA) is 112 Å². The molecule has 1 saturated heterocycles. The van der Waals surface area contributed by atoms with E-state index in [1.165, 1.54) is 6.42 Å². The molecule has 2 aromatic heterocycles. The van der Waals surface area contributed by atoms with Crippen LogP contribution in [0.25, 0.3) is 5.69 Å². The van der Waals surface area contributed by atoms with Gasteiger partial charge in [0.05, 0.1) is 41.1 Å². The van der Waals surface area contributed by atoms with Crippen LogP contribution in [0.3, 0.4) is 0 Å². The third-order valence-electron chi connectivity index (χ3n) is 6.67. The Morgan fingerprint density at radius 2 is 1.83 bits per heavy atom. The lowest BCUT2D eigenvalue weighted by Gasteiger charge is -2.38. The number of aromatic nitrogens is 4. The second-order valence-electron chi connectivity index (χ2n) is 10.6. The lowest BCUT2D eigenvalue weighted by atomic mass is 9.86. The molecule has 0 saturated carbocycles. The van der Waals surface area contributed by atoms with Crippen LogP contribution >= 0.6 is 0 Å². The van der Waals surface area contributed by atoms with Crippen molar-refractivity contribution in [2.45, 2.75) is 78.3 Å². The molecule has 1 aliphatic rings.